The van der Waals surface area contributed by atoms with Crippen molar-refractivity contribution >= 4 is 17.3 Å². The third-order valence-electron chi connectivity index (χ3n) is 4.07. The van der Waals surface area contributed by atoms with Crippen LogP contribution >= 0.6 is 0 Å². The highest BCUT2D eigenvalue weighted by molar-refractivity contribution is 5.70. The summed E-state index contributed by atoms with van der Waals surface area (Å²) in [5, 5.41) is 14.6. The number of nitro groups is 1. The fourth-order valence-corrected chi connectivity index (χ4v) is 2.77. The molecule has 1 atom stereocenters. The second-order valence-corrected chi connectivity index (χ2v) is 6.30. The van der Waals surface area contributed by atoms with Gasteiger partial charge in [0.25, 0.3) is 0 Å². The van der Waals surface area contributed by atoms with Crippen LogP contribution in [0, 0.1) is 16.0 Å². The third-order valence-corrected chi connectivity index (χ3v) is 4.07. The van der Waals surface area contributed by atoms with Crippen LogP contribution in [0.15, 0.2) is 6.33 Å². The molecule has 7 nitrogen and oxygen atoms in total. The number of rotatable bonds is 6. The Bertz CT molecular complexity index is 521. The van der Waals surface area contributed by atoms with Gasteiger partial charge in [0.15, 0.2) is 0 Å². The van der Waals surface area contributed by atoms with Crippen LogP contribution in [-0.4, -0.2) is 34.0 Å². The zero-order valence-electron chi connectivity index (χ0n) is 13.6. The SMILES string of the molecule is CC(C)CCNc1ncnc(N2CCCCC2C)c1[N+](=O)[O-]. The van der Waals surface area contributed by atoms with Gasteiger partial charge < -0.3 is 10.2 Å². The average Bonchev–Trinajstić information content (AvgIpc) is 2.47. The Balaban J connectivity index is 2.27. The summed E-state index contributed by atoms with van der Waals surface area (Å²) in [6.45, 7) is 7.82. The first-order chi connectivity index (χ1) is 10.5. The summed E-state index contributed by atoms with van der Waals surface area (Å²) < 4.78 is 0. The van der Waals surface area contributed by atoms with Crippen molar-refractivity contribution in [2.45, 2.75) is 52.5 Å². The molecule has 0 amide bonds. The number of aromatic nitrogens is 2. The Labute approximate surface area is 131 Å². The van der Waals surface area contributed by atoms with E-state index in [1.165, 1.54) is 6.33 Å². The maximum absolute atomic E-state index is 11.5. The van der Waals surface area contributed by atoms with Crippen LogP contribution in [0.1, 0.15) is 46.5 Å². The fourth-order valence-electron chi connectivity index (χ4n) is 2.77. The summed E-state index contributed by atoms with van der Waals surface area (Å²) in [4.78, 5) is 21.5. The summed E-state index contributed by atoms with van der Waals surface area (Å²) in [6.07, 6.45) is 5.60. The second-order valence-electron chi connectivity index (χ2n) is 6.30. The molecule has 0 saturated carbocycles. The molecule has 2 rings (SSSR count). The molecule has 0 bridgehead atoms. The Morgan fingerprint density at radius 2 is 2.23 bits per heavy atom. The molecule has 0 aromatic carbocycles. The summed E-state index contributed by atoms with van der Waals surface area (Å²) in [6, 6.07) is 0.269. The first-order valence-electron chi connectivity index (χ1n) is 8.00. The smallest absolute Gasteiger partial charge is 0.353 e. The lowest BCUT2D eigenvalue weighted by molar-refractivity contribution is -0.383. The Morgan fingerprint density at radius 1 is 1.45 bits per heavy atom. The van der Waals surface area contributed by atoms with Gasteiger partial charge in [0.1, 0.15) is 6.33 Å². The summed E-state index contributed by atoms with van der Waals surface area (Å²) in [5.41, 5.74) is 0.00000567. The summed E-state index contributed by atoms with van der Waals surface area (Å²) >= 11 is 0. The van der Waals surface area contributed by atoms with E-state index in [4.69, 9.17) is 0 Å². The quantitative estimate of drug-likeness (QED) is 0.641. The van der Waals surface area contributed by atoms with Crippen molar-refractivity contribution in [3.8, 4) is 0 Å². The Kier molecular flexibility index (Phi) is 5.51. The number of anilines is 2. The highest BCUT2D eigenvalue weighted by atomic mass is 16.6. The molecule has 7 heteroatoms. The van der Waals surface area contributed by atoms with E-state index in [1.54, 1.807) is 0 Å². The second kappa shape index (κ2) is 7.38. The van der Waals surface area contributed by atoms with Gasteiger partial charge in [-0.1, -0.05) is 13.8 Å². The molecular formula is C15H25N5O2. The van der Waals surface area contributed by atoms with E-state index in [-0.39, 0.29) is 16.7 Å². The standard InChI is InChI=1S/C15H25N5O2/c1-11(2)7-8-16-14-13(20(21)22)15(18-10-17-14)19-9-5-4-6-12(19)3/h10-12H,4-9H2,1-3H3,(H,16,17,18). The topological polar surface area (TPSA) is 84.2 Å². The third kappa shape index (κ3) is 3.84. The van der Waals surface area contributed by atoms with Crippen LogP contribution in [0.5, 0.6) is 0 Å². The van der Waals surface area contributed by atoms with Gasteiger partial charge in [0.2, 0.25) is 11.6 Å². The summed E-state index contributed by atoms with van der Waals surface area (Å²) in [7, 11) is 0. The van der Waals surface area contributed by atoms with Crippen LogP contribution in [0.25, 0.3) is 0 Å². The van der Waals surface area contributed by atoms with Crippen molar-refractivity contribution in [3.63, 3.8) is 0 Å². The van der Waals surface area contributed by atoms with Crippen LogP contribution < -0.4 is 10.2 Å². The molecule has 0 aliphatic carbocycles. The van der Waals surface area contributed by atoms with E-state index in [1.807, 2.05) is 4.90 Å². The molecule has 22 heavy (non-hydrogen) atoms. The average molecular weight is 307 g/mol. The van der Waals surface area contributed by atoms with Gasteiger partial charge in [0, 0.05) is 19.1 Å². The molecule has 1 saturated heterocycles. The molecule has 1 unspecified atom stereocenters. The van der Waals surface area contributed by atoms with Crippen molar-refractivity contribution < 1.29 is 4.92 Å². The first-order valence-corrected chi connectivity index (χ1v) is 8.00. The number of piperidine rings is 1. The Morgan fingerprint density at radius 3 is 2.86 bits per heavy atom. The van der Waals surface area contributed by atoms with Crippen molar-refractivity contribution in [1.82, 2.24) is 9.97 Å². The number of hydrogen-bond acceptors (Lipinski definition) is 6. The highest BCUT2D eigenvalue weighted by Gasteiger charge is 2.30. The van der Waals surface area contributed by atoms with Gasteiger partial charge in [-0.15, -0.1) is 0 Å². The van der Waals surface area contributed by atoms with Crippen LogP contribution in [0.2, 0.25) is 0 Å². The van der Waals surface area contributed by atoms with Crippen molar-refractivity contribution in [2.75, 3.05) is 23.3 Å². The van der Waals surface area contributed by atoms with Gasteiger partial charge in [-0.25, -0.2) is 9.97 Å². The van der Waals surface area contributed by atoms with Crippen molar-refractivity contribution in [2.24, 2.45) is 5.92 Å². The summed E-state index contributed by atoms with van der Waals surface area (Å²) in [5.74, 6) is 1.31. The lowest BCUT2D eigenvalue weighted by Crippen LogP contribution is -2.38. The van der Waals surface area contributed by atoms with Gasteiger partial charge >= 0.3 is 5.69 Å². The fraction of sp³-hybridized carbons (Fsp3) is 0.733. The minimum absolute atomic E-state index is 0.00000567. The maximum atomic E-state index is 11.5. The zero-order valence-corrected chi connectivity index (χ0v) is 13.6. The van der Waals surface area contributed by atoms with Crippen molar-refractivity contribution in [1.29, 1.82) is 0 Å². The molecule has 2 heterocycles. The molecule has 0 spiro atoms. The first kappa shape index (κ1) is 16.5. The Hall–Kier alpha value is -1.92. The van der Waals surface area contributed by atoms with E-state index in [9.17, 15) is 10.1 Å². The minimum Gasteiger partial charge on any atom is -0.364 e. The minimum atomic E-state index is -0.367. The largest absolute Gasteiger partial charge is 0.364 e. The lowest BCUT2D eigenvalue weighted by Gasteiger charge is -2.33. The highest BCUT2D eigenvalue weighted by Crippen LogP contribution is 2.35. The molecule has 1 aromatic heterocycles. The maximum Gasteiger partial charge on any atom is 0.353 e. The molecular weight excluding hydrogens is 282 g/mol. The normalized spacial score (nSPS) is 18.5. The molecule has 1 N–H and O–H groups in total. The molecule has 0 radical (unpaired) electrons. The lowest BCUT2D eigenvalue weighted by atomic mass is 10.0. The molecule has 1 fully saturated rings. The zero-order chi connectivity index (χ0) is 16.1. The van der Waals surface area contributed by atoms with E-state index in [0.717, 1.165) is 32.2 Å². The van der Waals surface area contributed by atoms with Crippen molar-refractivity contribution in [3.05, 3.63) is 16.4 Å². The van der Waals surface area contributed by atoms with E-state index < -0.39 is 0 Å². The van der Waals surface area contributed by atoms with E-state index in [0.29, 0.717) is 24.1 Å². The van der Waals surface area contributed by atoms with Gasteiger partial charge in [-0.2, -0.15) is 0 Å². The van der Waals surface area contributed by atoms with E-state index in [2.05, 4.69) is 36.1 Å². The molecule has 122 valence electrons. The van der Waals surface area contributed by atoms with Crippen LogP contribution in [-0.2, 0) is 0 Å². The number of nitrogens with zero attached hydrogens (tertiary/aromatic N) is 4. The van der Waals surface area contributed by atoms with E-state index >= 15 is 0 Å². The predicted octanol–water partition coefficient (Wildman–Crippen LogP) is 3.22. The van der Waals surface area contributed by atoms with Crippen LogP contribution in [0.3, 0.4) is 0 Å². The number of nitrogens with one attached hydrogen (secondary N) is 1. The number of hydrogen-bond donors (Lipinski definition) is 1. The van der Waals surface area contributed by atoms with Gasteiger partial charge in [-0.3, -0.25) is 10.1 Å². The van der Waals surface area contributed by atoms with Crippen LogP contribution in [0.4, 0.5) is 17.3 Å². The predicted molar refractivity (Wildman–Crippen MR) is 87.3 cm³/mol. The molecule has 1 aliphatic heterocycles. The van der Waals surface area contributed by atoms with Gasteiger partial charge in [0.05, 0.1) is 4.92 Å². The van der Waals surface area contributed by atoms with Gasteiger partial charge in [-0.05, 0) is 38.5 Å². The molecule has 1 aromatic rings. The monoisotopic (exact) mass is 307 g/mol. The molecule has 1 aliphatic rings.